The predicted molar refractivity (Wildman–Crippen MR) is 75.1 cm³/mol. The Morgan fingerprint density at radius 2 is 2.05 bits per heavy atom. The minimum absolute atomic E-state index is 0.121. The average Bonchev–Trinajstić information content (AvgIpc) is 2.37. The van der Waals surface area contributed by atoms with Crippen molar-refractivity contribution in [1.29, 1.82) is 0 Å². The van der Waals surface area contributed by atoms with Crippen molar-refractivity contribution in [3.8, 4) is 5.75 Å². The molecule has 0 aliphatic heterocycles. The summed E-state index contributed by atoms with van der Waals surface area (Å²) in [7, 11) is 0. The molecule has 1 aliphatic rings. The van der Waals surface area contributed by atoms with Gasteiger partial charge in [0.1, 0.15) is 11.6 Å². The number of phenolic OH excluding ortho intramolecular Hbond substituents is 1. The van der Waals surface area contributed by atoms with Crippen LogP contribution in [0.25, 0.3) is 0 Å². The van der Waals surface area contributed by atoms with Crippen molar-refractivity contribution >= 4 is 21.8 Å². The van der Waals surface area contributed by atoms with Crippen LogP contribution in [0.3, 0.4) is 0 Å². The fourth-order valence-corrected chi connectivity index (χ4v) is 2.88. The second kappa shape index (κ2) is 6.37. The molecule has 1 fully saturated rings. The van der Waals surface area contributed by atoms with E-state index in [2.05, 4.69) is 21.2 Å². The Morgan fingerprint density at radius 3 is 2.68 bits per heavy atom. The number of aromatic hydroxyl groups is 1. The van der Waals surface area contributed by atoms with Gasteiger partial charge in [0.2, 0.25) is 0 Å². The molecule has 5 heteroatoms. The van der Waals surface area contributed by atoms with Crippen LogP contribution in [0.1, 0.15) is 36.0 Å². The largest absolute Gasteiger partial charge is 0.507 e. The van der Waals surface area contributed by atoms with E-state index in [0.29, 0.717) is 17.3 Å². The molecule has 1 aromatic carbocycles. The normalized spacial score (nSPS) is 23.1. The maximum atomic E-state index is 12.8. The first-order chi connectivity index (χ1) is 9.06. The summed E-state index contributed by atoms with van der Waals surface area (Å²) in [6.45, 7) is 0.607. The topological polar surface area (TPSA) is 49.3 Å². The Hall–Kier alpha value is -1.10. The molecular formula is C14H17BrFNO2. The van der Waals surface area contributed by atoms with Crippen LogP contribution in [0.15, 0.2) is 18.2 Å². The quantitative estimate of drug-likeness (QED) is 0.836. The first-order valence-corrected chi connectivity index (χ1v) is 7.38. The van der Waals surface area contributed by atoms with E-state index in [0.717, 1.165) is 31.7 Å². The first-order valence-electron chi connectivity index (χ1n) is 6.47. The van der Waals surface area contributed by atoms with Crippen molar-refractivity contribution in [2.45, 2.75) is 30.5 Å². The number of hydrogen-bond acceptors (Lipinski definition) is 2. The van der Waals surface area contributed by atoms with Gasteiger partial charge in [-0.15, -0.1) is 0 Å². The van der Waals surface area contributed by atoms with Gasteiger partial charge >= 0.3 is 0 Å². The molecule has 0 aromatic heterocycles. The molecule has 19 heavy (non-hydrogen) atoms. The van der Waals surface area contributed by atoms with Crippen LogP contribution >= 0.6 is 15.9 Å². The predicted octanol–water partition coefficient (Wildman–Crippen LogP) is 3.21. The van der Waals surface area contributed by atoms with Gasteiger partial charge < -0.3 is 10.4 Å². The van der Waals surface area contributed by atoms with E-state index in [-0.39, 0.29) is 17.2 Å². The van der Waals surface area contributed by atoms with Gasteiger partial charge in [-0.25, -0.2) is 4.39 Å². The molecule has 2 rings (SSSR count). The maximum absolute atomic E-state index is 12.8. The molecule has 0 bridgehead atoms. The van der Waals surface area contributed by atoms with Gasteiger partial charge in [-0.05, 0) is 43.7 Å². The lowest BCUT2D eigenvalue weighted by atomic mass is 9.89. The van der Waals surface area contributed by atoms with Gasteiger partial charge in [0, 0.05) is 17.4 Å². The summed E-state index contributed by atoms with van der Waals surface area (Å²) in [5, 5.41) is 12.3. The zero-order valence-corrected chi connectivity index (χ0v) is 12.1. The number of phenols is 1. The van der Waals surface area contributed by atoms with Gasteiger partial charge in [0.25, 0.3) is 5.91 Å². The number of nitrogens with one attached hydrogen (secondary N) is 1. The van der Waals surface area contributed by atoms with Crippen LogP contribution in [0.5, 0.6) is 5.75 Å². The molecule has 104 valence electrons. The van der Waals surface area contributed by atoms with E-state index >= 15 is 0 Å². The van der Waals surface area contributed by atoms with E-state index in [1.165, 1.54) is 12.1 Å². The monoisotopic (exact) mass is 329 g/mol. The molecule has 0 atom stereocenters. The van der Waals surface area contributed by atoms with Crippen LogP contribution < -0.4 is 5.32 Å². The molecule has 0 spiro atoms. The highest BCUT2D eigenvalue weighted by atomic mass is 79.9. The number of halogens is 2. The van der Waals surface area contributed by atoms with Crippen LogP contribution in [0.2, 0.25) is 0 Å². The summed E-state index contributed by atoms with van der Waals surface area (Å²) in [5.74, 6) is -0.731. The molecule has 3 nitrogen and oxygen atoms in total. The van der Waals surface area contributed by atoms with E-state index in [1.807, 2.05) is 0 Å². The summed E-state index contributed by atoms with van der Waals surface area (Å²) in [4.78, 5) is 12.5. The number of carbonyl (C=O) groups is 1. The van der Waals surface area contributed by atoms with E-state index in [9.17, 15) is 14.3 Å². The third kappa shape index (κ3) is 3.93. The van der Waals surface area contributed by atoms with E-state index in [1.54, 1.807) is 0 Å². The van der Waals surface area contributed by atoms with Crippen molar-refractivity contribution in [2.24, 2.45) is 5.92 Å². The Morgan fingerprint density at radius 1 is 1.37 bits per heavy atom. The number of rotatable bonds is 3. The molecule has 0 saturated heterocycles. The first kappa shape index (κ1) is 14.3. The van der Waals surface area contributed by atoms with Gasteiger partial charge in [0.15, 0.2) is 0 Å². The Bertz CT molecular complexity index is 459. The highest BCUT2D eigenvalue weighted by Crippen LogP contribution is 2.28. The Kier molecular flexibility index (Phi) is 4.80. The summed E-state index contributed by atoms with van der Waals surface area (Å²) < 4.78 is 12.8. The van der Waals surface area contributed by atoms with Crippen molar-refractivity contribution in [3.63, 3.8) is 0 Å². The summed E-state index contributed by atoms with van der Waals surface area (Å²) in [6.07, 6.45) is 4.43. The zero-order valence-electron chi connectivity index (χ0n) is 10.5. The second-order valence-corrected chi connectivity index (χ2v) is 6.28. The summed E-state index contributed by atoms with van der Waals surface area (Å²) in [6, 6.07) is 3.42. The van der Waals surface area contributed by atoms with Gasteiger partial charge in [-0.2, -0.15) is 0 Å². The smallest absolute Gasteiger partial charge is 0.255 e. The number of hydrogen-bond donors (Lipinski definition) is 2. The standard InChI is InChI=1S/C14H17BrFNO2/c15-10-3-1-9(2-4-10)8-17-14(19)12-6-5-11(16)7-13(12)18/h5-7,9-10,18H,1-4,8H2,(H,17,19). The van der Waals surface area contributed by atoms with Crippen LogP contribution in [-0.2, 0) is 0 Å². The SMILES string of the molecule is O=C(NCC1CCC(Br)CC1)c1ccc(F)cc1O. The van der Waals surface area contributed by atoms with Crippen molar-refractivity contribution in [3.05, 3.63) is 29.6 Å². The molecule has 1 aromatic rings. The van der Waals surface area contributed by atoms with Gasteiger partial charge in [0.05, 0.1) is 5.56 Å². The molecule has 0 radical (unpaired) electrons. The fourth-order valence-electron chi connectivity index (χ4n) is 2.35. The molecule has 1 saturated carbocycles. The molecule has 1 amide bonds. The highest BCUT2D eigenvalue weighted by Gasteiger charge is 2.20. The fraction of sp³-hybridized carbons (Fsp3) is 0.500. The van der Waals surface area contributed by atoms with Crippen LogP contribution in [0.4, 0.5) is 4.39 Å². The van der Waals surface area contributed by atoms with Crippen molar-refractivity contribution in [2.75, 3.05) is 6.54 Å². The number of benzene rings is 1. The molecule has 1 aliphatic carbocycles. The van der Waals surface area contributed by atoms with E-state index in [4.69, 9.17) is 0 Å². The number of alkyl halides is 1. The molecular weight excluding hydrogens is 313 g/mol. The average molecular weight is 330 g/mol. The van der Waals surface area contributed by atoms with Gasteiger partial charge in [-0.1, -0.05) is 15.9 Å². The zero-order chi connectivity index (χ0) is 13.8. The molecule has 2 N–H and O–H groups in total. The summed E-state index contributed by atoms with van der Waals surface area (Å²) in [5.41, 5.74) is 0.121. The van der Waals surface area contributed by atoms with Gasteiger partial charge in [-0.3, -0.25) is 4.79 Å². The lowest BCUT2D eigenvalue weighted by molar-refractivity contribution is 0.0941. The lowest BCUT2D eigenvalue weighted by Gasteiger charge is -2.25. The van der Waals surface area contributed by atoms with Crippen LogP contribution in [0, 0.1) is 11.7 Å². The third-order valence-electron chi connectivity index (χ3n) is 3.53. The van der Waals surface area contributed by atoms with Crippen LogP contribution in [-0.4, -0.2) is 22.4 Å². The Balaban J connectivity index is 1.87. The third-order valence-corrected chi connectivity index (χ3v) is 4.45. The maximum Gasteiger partial charge on any atom is 0.255 e. The highest BCUT2D eigenvalue weighted by molar-refractivity contribution is 9.09. The second-order valence-electron chi connectivity index (χ2n) is 4.99. The molecule has 0 heterocycles. The van der Waals surface area contributed by atoms with Crippen molar-refractivity contribution in [1.82, 2.24) is 5.32 Å². The molecule has 0 unspecified atom stereocenters. The van der Waals surface area contributed by atoms with E-state index < -0.39 is 5.82 Å². The number of amides is 1. The minimum Gasteiger partial charge on any atom is -0.507 e. The number of carbonyl (C=O) groups excluding carboxylic acids is 1. The lowest BCUT2D eigenvalue weighted by Crippen LogP contribution is -2.31. The van der Waals surface area contributed by atoms with Crippen molar-refractivity contribution < 1.29 is 14.3 Å². The Labute approximate surface area is 120 Å². The summed E-state index contributed by atoms with van der Waals surface area (Å²) >= 11 is 3.59. The minimum atomic E-state index is -0.551.